The van der Waals surface area contributed by atoms with Gasteiger partial charge in [-0.25, -0.2) is 4.39 Å². The fraction of sp³-hybridized carbons (Fsp3) is 0.500. The normalized spacial score (nSPS) is 16.3. The Kier molecular flexibility index (Phi) is 3.41. The fourth-order valence-electron chi connectivity index (χ4n) is 2.16. The summed E-state index contributed by atoms with van der Waals surface area (Å²) in [5, 5.41) is 12.6. The maximum Gasteiger partial charge on any atom is 0.125 e. The molecule has 0 spiro atoms. The highest BCUT2D eigenvalue weighted by molar-refractivity contribution is 5.58. The highest BCUT2D eigenvalue weighted by Gasteiger charge is 2.21. The number of nitrogens with zero attached hydrogens (tertiary/aromatic N) is 1. The van der Waals surface area contributed by atoms with E-state index in [9.17, 15) is 9.50 Å². The number of halogens is 1. The molecule has 1 aromatic rings. The fourth-order valence-corrected chi connectivity index (χ4v) is 2.16. The molecule has 0 saturated carbocycles. The molecule has 0 bridgehead atoms. The third kappa shape index (κ3) is 2.33. The molecule has 1 aromatic carbocycles. The lowest BCUT2D eigenvalue weighted by Gasteiger charge is -2.22. The van der Waals surface area contributed by atoms with Gasteiger partial charge in [0.2, 0.25) is 0 Å². The van der Waals surface area contributed by atoms with Gasteiger partial charge in [0.25, 0.3) is 0 Å². The first-order valence-corrected chi connectivity index (χ1v) is 5.56. The minimum absolute atomic E-state index is 0.214. The van der Waals surface area contributed by atoms with E-state index in [0.29, 0.717) is 13.1 Å². The van der Waals surface area contributed by atoms with Crippen molar-refractivity contribution in [2.75, 3.05) is 31.6 Å². The van der Waals surface area contributed by atoms with Gasteiger partial charge in [-0.15, -0.1) is 0 Å². The molecule has 0 radical (unpaired) electrons. The van der Waals surface area contributed by atoms with E-state index >= 15 is 0 Å². The maximum atomic E-state index is 13.1. The number of likely N-dealkylation sites (N-methyl/N-ethyl adjacent to an activating group) is 1. The van der Waals surface area contributed by atoms with Gasteiger partial charge in [0, 0.05) is 25.3 Å². The Morgan fingerprint density at radius 2 is 2.38 bits per heavy atom. The number of rotatable bonds is 4. The summed E-state index contributed by atoms with van der Waals surface area (Å²) >= 11 is 0. The summed E-state index contributed by atoms with van der Waals surface area (Å²) in [4.78, 5) is 2.04. The molecule has 1 aliphatic rings. The Bertz CT molecular complexity index is 370. The predicted octanol–water partition coefficient (Wildman–Crippen LogP) is 0.769. The second kappa shape index (κ2) is 4.80. The van der Waals surface area contributed by atoms with Crippen molar-refractivity contribution in [3.05, 3.63) is 29.6 Å². The molecule has 0 aliphatic carbocycles. The predicted molar refractivity (Wildman–Crippen MR) is 62.3 cm³/mol. The largest absolute Gasteiger partial charge is 0.390 e. The Morgan fingerprint density at radius 3 is 3.12 bits per heavy atom. The zero-order chi connectivity index (χ0) is 11.5. The van der Waals surface area contributed by atoms with Crippen molar-refractivity contribution in [3.63, 3.8) is 0 Å². The van der Waals surface area contributed by atoms with Crippen LogP contribution in [0.1, 0.15) is 5.56 Å². The van der Waals surface area contributed by atoms with Gasteiger partial charge >= 0.3 is 0 Å². The molecule has 2 rings (SSSR count). The van der Waals surface area contributed by atoms with Crippen LogP contribution in [-0.4, -0.2) is 37.9 Å². The monoisotopic (exact) mass is 224 g/mol. The zero-order valence-electron chi connectivity index (χ0n) is 9.41. The Morgan fingerprint density at radius 1 is 1.56 bits per heavy atom. The Labute approximate surface area is 94.9 Å². The van der Waals surface area contributed by atoms with Crippen molar-refractivity contribution in [1.29, 1.82) is 0 Å². The number of β-amino-alcohol motifs (C(OH)–C–C–N with tert-alkyl or cyclic N) is 1. The first-order valence-electron chi connectivity index (χ1n) is 5.56. The molecule has 0 fully saturated rings. The molecule has 0 amide bonds. The number of aliphatic hydroxyl groups is 1. The molecule has 4 heteroatoms. The van der Waals surface area contributed by atoms with E-state index in [2.05, 4.69) is 5.32 Å². The number of hydrogen-bond acceptors (Lipinski definition) is 3. The summed E-state index contributed by atoms with van der Waals surface area (Å²) in [5.74, 6) is -0.214. The molecule has 16 heavy (non-hydrogen) atoms. The number of fused-ring (bicyclic) bond motifs is 1. The third-order valence-electron chi connectivity index (χ3n) is 2.91. The molecule has 88 valence electrons. The highest BCUT2D eigenvalue weighted by atomic mass is 19.1. The van der Waals surface area contributed by atoms with E-state index in [-0.39, 0.29) is 5.82 Å². The second-order valence-electron chi connectivity index (χ2n) is 4.18. The summed E-state index contributed by atoms with van der Waals surface area (Å²) in [6, 6.07) is 4.87. The van der Waals surface area contributed by atoms with Crippen LogP contribution in [0.15, 0.2) is 18.2 Å². The number of hydrogen-bond donors (Lipinski definition) is 2. The molecule has 1 unspecified atom stereocenters. The average Bonchev–Trinajstić information content (AvgIpc) is 2.61. The lowest BCUT2D eigenvalue weighted by Crippen LogP contribution is -2.36. The van der Waals surface area contributed by atoms with E-state index in [1.807, 2.05) is 11.0 Å². The smallest absolute Gasteiger partial charge is 0.125 e. The summed E-state index contributed by atoms with van der Waals surface area (Å²) in [5.41, 5.74) is 2.09. The lowest BCUT2D eigenvalue weighted by molar-refractivity contribution is 0.180. The van der Waals surface area contributed by atoms with Crippen LogP contribution in [0.4, 0.5) is 10.1 Å². The van der Waals surface area contributed by atoms with E-state index in [1.165, 1.54) is 6.07 Å². The summed E-state index contributed by atoms with van der Waals surface area (Å²) in [6.07, 6.45) is 0.515. The van der Waals surface area contributed by atoms with Gasteiger partial charge in [-0.05, 0) is 31.2 Å². The SMILES string of the molecule is CNCC(O)CN1CCc2ccc(F)cc21. The number of anilines is 1. The van der Waals surface area contributed by atoms with E-state index in [0.717, 1.165) is 24.2 Å². The van der Waals surface area contributed by atoms with Crippen molar-refractivity contribution in [3.8, 4) is 0 Å². The average molecular weight is 224 g/mol. The molecule has 2 N–H and O–H groups in total. The van der Waals surface area contributed by atoms with Crippen molar-refractivity contribution >= 4 is 5.69 Å². The topological polar surface area (TPSA) is 35.5 Å². The van der Waals surface area contributed by atoms with Crippen LogP contribution in [0.5, 0.6) is 0 Å². The van der Waals surface area contributed by atoms with Gasteiger partial charge in [-0.1, -0.05) is 6.07 Å². The van der Waals surface area contributed by atoms with Crippen molar-refractivity contribution in [2.45, 2.75) is 12.5 Å². The van der Waals surface area contributed by atoms with Gasteiger partial charge < -0.3 is 15.3 Å². The molecule has 1 atom stereocenters. The minimum Gasteiger partial charge on any atom is -0.390 e. The zero-order valence-corrected chi connectivity index (χ0v) is 9.41. The van der Waals surface area contributed by atoms with Crippen molar-refractivity contribution in [2.24, 2.45) is 0 Å². The van der Waals surface area contributed by atoms with Crippen molar-refractivity contribution in [1.82, 2.24) is 5.32 Å². The van der Waals surface area contributed by atoms with Crippen LogP contribution in [0.3, 0.4) is 0 Å². The standard InChI is InChI=1S/C12H17FN2O/c1-14-7-11(16)8-15-5-4-9-2-3-10(13)6-12(9)15/h2-3,6,11,14,16H,4-5,7-8H2,1H3. The Hall–Kier alpha value is -1.13. The van der Waals surface area contributed by atoms with Crippen LogP contribution in [-0.2, 0) is 6.42 Å². The minimum atomic E-state index is -0.417. The van der Waals surface area contributed by atoms with Crippen LogP contribution < -0.4 is 10.2 Å². The second-order valence-corrected chi connectivity index (χ2v) is 4.18. The summed E-state index contributed by atoms with van der Waals surface area (Å²) < 4.78 is 13.1. The van der Waals surface area contributed by atoms with E-state index in [4.69, 9.17) is 0 Å². The highest BCUT2D eigenvalue weighted by Crippen LogP contribution is 2.28. The van der Waals surface area contributed by atoms with E-state index < -0.39 is 6.10 Å². The lowest BCUT2D eigenvalue weighted by atomic mass is 10.1. The number of aliphatic hydroxyl groups excluding tert-OH is 1. The van der Waals surface area contributed by atoms with Crippen LogP contribution >= 0.6 is 0 Å². The first-order chi connectivity index (χ1) is 7.70. The molecule has 3 nitrogen and oxygen atoms in total. The maximum absolute atomic E-state index is 13.1. The first kappa shape index (κ1) is 11.4. The van der Waals surface area contributed by atoms with Gasteiger partial charge in [-0.3, -0.25) is 0 Å². The third-order valence-corrected chi connectivity index (χ3v) is 2.91. The number of nitrogens with one attached hydrogen (secondary N) is 1. The molecular formula is C12H17FN2O. The van der Waals surface area contributed by atoms with Gasteiger partial charge in [-0.2, -0.15) is 0 Å². The molecular weight excluding hydrogens is 207 g/mol. The van der Waals surface area contributed by atoms with Crippen LogP contribution in [0, 0.1) is 5.82 Å². The quantitative estimate of drug-likeness (QED) is 0.793. The van der Waals surface area contributed by atoms with Crippen LogP contribution in [0.25, 0.3) is 0 Å². The molecule has 0 aromatic heterocycles. The molecule has 1 aliphatic heterocycles. The Balaban J connectivity index is 2.08. The van der Waals surface area contributed by atoms with E-state index in [1.54, 1.807) is 13.1 Å². The summed E-state index contributed by atoms with van der Waals surface area (Å²) in [6.45, 7) is 1.97. The van der Waals surface area contributed by atoms with Crippen LogP contribution in [0.2, 0.25) is 0 Å². The molecule has 0 saturated heterocycles. The number of benzene rings is 1. The van der Waals surface area contributed by atoms with Gasteiger partial charge in [0.15, 0.2) is 0 Å². The van der Waals surface area contributed by atoms with Gasteiger partial charge in [0.05, 0.1) is 6.10 Å². The molecule has 1 heterocycles. The van der Waals surface area contributed by atoms with Crippen molar-refractivity contribution < 1.29 is 9.50 Å². The summed E-state index contributed by atoms with van der Waals surface area (Å²) in [7, 11) is 1.81. The van der Waals surface area contributed by atoms with Gasteiger partial charge in [0.1, 0.15) is 5.82 Å².